The van der Waals surface area contributed by atoms with Gasteiger partial charge in [0, 0.05) is 6.54 Å². The fourth-order valence-corrected chi connectivity index (χ4v) is 5.46. The first-order valence-electron chi connectivity index (χ1n) is 9.53. The van der Waals surface area contributed by atoms with E-state index < -0.39 is 27.8 Å². The third-order valence-corrected chi connectivity index (χ3v) is 7.14. The lowest BCUT2D eigenvalue weighted by atomic mass is 10.1. The summed E-state index contributed by atoms with van der Waals surface area (Å²) in [6.07, 6.45) is 0.500. The maximum absolute atomic E-state index is 12.6. The molecule has 166 valence electrons. The number of methoxy groups -OCH3 is 2. The highest BCUT2D eigenvalue weighted by atomic mass is 35.5. The van der Waals surface area contributed by atoms with Crippen LogP contribution in [0.5, 0.6) is 11.5 Å². The molecule has 1 saturated heterocycles. The third kappa shape index (κ3) is 4.77. The Hall–Kier alpha value is -2.78. The van der Waals surface area contributed by atoms with Crippen LogP contribution in [-0.4, -0.2) is 46.7 Å². The number of ether oxygens (including phenoxy) is 2. The maximum atomic E-state index is 12.6. The lowest BCUT2D eigenvalue weighted by molar-refractivity contribution is -0.119. The van der Waals surface area contributed by atoms with Crippen molar-refractivity contribution in [2.75, 3.05) is 30.8 Å². The van der Waals surface area contributed by atoms with Gasteiger partial charge in [0.2, 0.25) is 15.9 Å². The number of carbonyl (C=O) groups is 2. The molecule has 0 aromatic heterocycles. The topological polar surface area (TPSA) is 102 Å². The molecule has 3 rings (SSSR count). The van der Waals surface area contributed by atoms with Crippen LogP contribution < -0.4 is 19.1 Å². The molecule has 2 aromatic carbocycles. The van der Waals surface area contributed by atoms with Gasteiger partial charge in [-0.05, 0) is 48.4 Å². The van der Waals surface area contributed by atoms with Crippen LogP contribution in [0, 0.1) is 5.92 Å². The Kier molecular flexibility index (Phi) is 6.76. The fraction of sp³-hybridized carbons (Fsp3) is 0.333. The molecule has 1 unspecified atom stereocenters. The van der Waals surface area contributed by atoms with Crippen molar-refractivity contribution in [1.29, 1.82) is 0 Å². The number of rotatable bonds is 7. The summed E-state index contributed by atoms with van der Waals surface area (Å²) in [5.41, 5.74) is 1.17. The third-order valence-electron chi connectivity index (χ3n) is 4.96. The molecule has 0 saturated carbocycles. The second-order valence-corrected chi connectivity index (χ2v) is 9.40. The minimum absolute atomic E-state index is 0.0523. The lowest BCUT2D eigenvalue weighted by Crippen LogP contribution is -2.30. The van der Waals surface area contributed by atoms with Gasteiger partial charge in [0.05, 0.1) is 42.2 Å². The summed E-state index contributed by atoms with van der Waals surface area (Å²) >= 11 is 6.23. The van der Waals surface area contributed by atoms with Gasteiger partial charge in [0.15, 0.2) is 0 Å². The number of nitrogens with zero attached hydrogens (tertiary/aromatic N) is 1. The van der Waals surface area contributed by atoms with Crippen molar-refractivity contribution >= 4 is 39.1 Å². The van der Waals surface area contributed by atoms with Gasteiger partial charge in [0.1, 0.15) is 11.5 Å². The van der Waals surface area contributed by atoms with Crippen molar-refractivity contribution < 1.29 is 27.5 Å². The number of halogens is 1. The predicted octanol–water partition coefficient (Wildman–Crippen LogP) is 2.64. The first kappa shape index (κ1) is 22.9. The minimum Gasteiger partial charge on any atom is -0.497 e. The first-order valence-corrected chi connectivity index (χ1v) is 11.5. The summed E-state index contributed by atoms with van der Waals surface area (Å²) in [7, 11) is -0.606. The van der Waals surface area contributed by atoms with E-state index in [1.54, 1.807) is 33.3 Å². The SMILES string of the molecule is COc1ccc(OC)c(CCNC(=O)c2ccc(N3C(=O)C(C)CS3(=O)=O)cc2Cl)c1. The number of hydrogen-bond donors (Lipinski definition) is 1. The molecule has 0 spiro atoms. The Labute approximate surface area is 186 Å². The van der Waals surface area contributed by atoms with E-state index in [2.05, 4.69) is 5.32 Å². The number of anilines is 1. The van der Waals surface area contributed by atoms with Crippen LogP contribution in [0.2, 0.25) is 5.02 Å². The Bertz CT molecular complexity index is 1120. The summed E-state index contributed by atoms with van der Waals surface area (Å²) in [4.78, 5) is 24.8. The number of nitrogens with one attached hydrogen (secondary N) is 1. The lowest BCUT2D eigenvalue weighted by Gasteiger charge is -2.16. The Morgan fingerprint density at radius 2 is 1.94 bits per heavy atom. The smallest absolute Gasteiger partial charge is 0.252 e. The molecule has 2 amide bonds. The van der Waals surface area contributed by atoms with Crippen molar-refractivity contribution in [3.63, 3.8) is 0 Å². The maximum Gasteiger partial charge on any atom is 0.252 e. The predicted molar refractivity (Wildman–Crippen MR) is 117 cm³/mol. The van der Waals surface area contributed by atoms with Gasteiger partial charge in [0.25, 0.3) is 5.91 Å². The van der Waals surface area contributed by atoms with Gasteiger partial charge in [-0.2, -0.15) is 0 Å². The van der Waals surface area contributed by atoms with Gasteiger partial charge in [-0.15, -0.1) is 0 Å². The Morgan fingerprint density at radius 1 is 1.19 bits per heavy atom. The van der Waals surface area contributed by atoms with E-state index in [1.165, 1.54) is 18.2 Å². The van der Waals surface area contributed by atoms with E-state index in [-0.39, 0.29) is 22.0 Å². The number of carbonyl (C=O) groups excluding carboxylic acids is 2. The van der Waals surface area contributed by atoms with Crippen molar-refractivity contribution in [1.82, 2.24) is 5.32 Å². The second kappa shape index (κ2) is 9.15. The number of benzene rings is 2. The molecule has 1 fully saturated rings. The van der Waals surface area contributed by atoms with Crippen LogP contribution in [0.4, 0.5) is 5.69 Å². The highest BCUT2D eigenvalue weighted by Gasteiger charge is 2.42. The van der Waals surface area contributed by atoms with E-state index in [4.69, 9.17) is 21.1 Å². The molecule has 0 radical (unpaired) electrons. The Morgan fingerprint density at radius 3 is 2.52 bits per heavy atom. The second-order valence-electron chi connectivity index (χ2n) is 7.13. The molecular weight excluding hydrogens is 444 g/mol. The quantitative estimate of drug-likeness (QED) is 0.673. The van der Waals surface area contributed by atoms with Gasteiger partial charge in [-0.25, -0.2) is 12.7 Å². The summed E-state index contributed by atoms with van der Waals surface area (Å²) in [5.74, 6) is -0.438. The van der Waals surface area contributed by atoms with Crippen molar-refractivity contribution in [3.05, 3.63) is 52.5 Å². The van der Waals surface area contributed by atoms with Crippen molar-refractivity contribution in [3.8, 4) is 11.5 Å². The highest BCUT2D eigenvalue weighted by Crippen LogP contribution is 2.31. The number of amides is 2. The van der Waals surface area contributed by atoms with Gasteiger partial charge < -0.3 is 14.8 Å². The standard InChI is InChI=1S/C21H23ClN2O6S/c1-13-12-31(27,28)24(21(13)26)15-4-6-17(18(22)11-15)20(25)23-9-8-14-10-16(29-2)5-7-19(14)30-3/h4-7,10-11,13H,8-9,12H2,1-3H3,(H,23,25). The molecule has 10 heteroatoms. The number of sulfonamides is 1. The average molecular weight is 467 g/mol. The molecule has 0 bridgehead atoms. The van der Waals surface area contributed by atoms with E-state index in [0.29, 0.717) is 24.5 Å². The highest BCUT2D eigenvalue weighted by molar-refractivity contribution is 7.94. The van der Waals surface area contributed by atoms with Crippen LogP contribution in [0.15, 0.2) is 36.4 Å². The molecule has 31 heavy (non-hydrogen) atoms. The molecular formula is C21H23ClN2O6S. The van der Waals surface area contributed by atoms with E-state index in [1.807, 2.05) is 6.07 Å². The van der Waals surface area contributed by atoms with Gasteiger partial charge in [-0.3, -0.25) is 9.59 Å². The van der Waals surface area contributed by atoms with E-state index in [9.17, 15) is 18.0 Å². The average Bonchev–Trinajstić information content (AvgIpc) is 2.93. The van der Waals surface area contributed by atoms with Crippen LogP contribution in [0.25, 0.3) is 0 Å². The fourth-order valence-electron chi connectivity index (χ4n) is 3.38. The van der Waals surface area contributed by atoms with Crippen LogP contribution >= 0.6 is 11.6 Å². The van der Waals surface area contributed by atoms with Crippen LogP contribution in [0.3, 0.4) is 0 Å². The molecule has 0 aliphatic carbocycles. The molecule has 1 heterocycles. The first-order chi connectivity index (χ1) is 14.7. The van der Waals surface area contributed by atoms with Gasteiger partial charge in [-0.1, -0.05) is 18.5 Å². The monoisotopic (exact) mass is 466 g/mol. The van der Waals surface area contributed by atoms with E-state index in [0.717, 1.165) is 9.87 Å². The summed E-state index contributed by atoms with van der Waals surface area (Å²) in [6, 6.07) is 9.54. The Balaban J connectivity index is 1.70. The molecule has 8 nitrogen and oxygen atoms in total. The normalized spacial score (nSPS) is 17.5. The van der Waals surface area contributed by atoms with Crippen molar-refractivity contribution in [2.24, 2.45) is 5.92 Å². The molecule has 1 aliphatic heterocycles. The molecule has 1 aliphatic rings. The van der Waals surface area contributed by atoms with E-state index >= 15 is 0 Å². The van der Waals surface area contributed by atoms with Crippen LogP contribution in [0.1, 0.15) is 22.8 Å². The minimum atomic E-state index is -3.74. The van der Waals surface area contributed by atoms with Gasteiger partial charge >= 0.3 is 0 Å². The molecule has 2 aromatic rings. The largest absolute Gasteiger partial charge is 0.497 e. The zero-order chi connectivity index (χ0) is 22.8. The summed E-state index contributed by atoms with van der Waals surface area (Å²) < 4.78 is 35.8. The molecule has 1 N–H and O–H groups in total. The number of hydrogen-bond acceptors (Lipinski definition) is 6. The zero-order valence-corrected chi connectivity index (χ0v) is 18.9. The van der Waals surface area contributed by atoms with Crippen molar-refractivity contribution in [2.45, 2.75) is 13.3 Å². The summed E-state index contributed by atoms with van der Waals surface area (Å²) in [5, 5.41) is 2.83. The van der Waals surface area contributed by atoms with Crippen LogP contribution in [-0.2, 0) is 21.2 Å². The molecule has 1 atom stereocenters. The summed E-state index contributed by atoms with van der Waals surface area (Å²) in [6.45, 7) is 1.87. The zero-order valence-electron chi connectivity index (χ0n) is 17.3.